The highest BCUT2D eigenvalue weighted by molar-refractivity contribution is 8.00. The molecule has 1 amide bonds. The lowest BCUT2D eigenvalue weighted by Crippen LogP contribution is -2.36. The van der Waals surface area contributed by atoms with Gasteiger partial charge in [0.2, 0.25) is 5.91 Å². The van der Waals surface area contributed by atoms with Crippen molar-refractivity contribution in [3.05, 3.63) is 28.2 Å². The van der Waals surface area contributed by atoms with E-state index in [1.165, 1.54) is 11.8 Å². The summed E-state index contributed by atoms with van der Waals surface area (Å²) < 4.78 is 4.92. The van der Waals surface area contributed by atoms with Crippen molar-refractivity contribution in [1.29, 1.82) is 0 Å². The van der Waals surface area contributed by atoms with E-state index < -0.39 is 0 Å². The number of nitrogens with one attached hydrogen (secondary N) is 2. The normalized spacial score (nSPS) is 12.2. The predicted octanol–water partition coefficient (Wildman–Crippen LogP) is 2.83. The van der Waals surface area contributed by atoms with Crippen LogP contribution in [0.15, 0.2) is 23.1 Å². The molecule has 0 saturated carbocycles. The van der Waals surface area contributed by atoms with Gasteiger partial charge in [-0.15, -0.1) is 11.8 Å². The molecule has 4 nitrogen and oxygen atoms in total. The van der Waals surface area contributed by atoms with Crippen molar-refractivity contribution in [1.82, 2.24) is 10.6 Å². The van der Waals surface area contributed by atoms with E-state index in [0.717, 1.165) is 11.4 Å². The van der Waals surface area contributed by atoms with Gasteiger partial charge in [0.15, 0.2) is 0 Å². The van der Waals surface area contributed by atoms with Crippen LogP contribution >= 0.6 is 35.0 Å². The summed E-state index contributed by atoms with van der Waals surface area (Å²) in [5, 5.41) is 7.01. The minimum Gasteiger partial charge on any atom is -0.383 e. The predicted molar refractivity (Wildman–Crippen MR) is 89.5 cm³/mol. The second-order valence-electron chi connectivity index (χ2n) is 4.37. The maximum Gasteiger partial charge on any atom is 0.233 e. The molecule has 7 heteroatoms. The average molecular weight is 351 g/mol. The van der Waals surface area contributed by atoms with Crippen molar-refractivity contribution in [2.75, 3.05) is 33.4 Å². The number of halogens is 2. The Labute approximate surface area is 139 Å². The Morgan fingerprint density at radius 2 is 2.10 bits per heavy atom. The van der Waals surface area contributed by atoms with Gasteiger partial charge in [-0.3, -0.25) is 4.79 Å². The van der Waals surface area contributed by atoms with Crippen LogP contribution in [0.2, 0.25) is 10.0 Å². The molecule has 0 aliphatic carbocycles. The van der Waals surface area contributed by atoms with E-state index in [0.29, 0.717) is 29.7 Å². The number of thioether (sulfide) groups is 1. The maximum atomic E-state index is 12.0. The number of benzene rings is 1. The fourth-order valence-electron chi connectivity index (χ4n) is 1.53. The SMILES string of the molecule is COCCNCCNC(=O)C(C)Sc1cc(Cl)ccc1Cl. The second-order valence-corrected chi connectivity index (χ2v) is 6.59. The Bertz CT molecular complexity index is 461. The summed E-state index contributed by atoms with van der Waals surface area (Å²) in [6.07, 6.45) is 0. The number of carbonyl (C=O) groups is 1. The lowest BCUT2D eigenvalue weighted by molar-refractivity contribution is -0.120. The van der Waals surface area contributed by atoms with Gasteiger partial charge in [-0.25, -0.2) is 0 Å². The molecule has 0 fully saturated rings. The standard InChI is InChI=1S/C14H20Cl2N2O2S/c1-10(14(19)18-6-5-17-7-8-20-2)21-13-9-11(15)3-4-12(13)16/h3-4,9-10,17H,5-8H2,1-2H3,(H,18,19). The number of hydrogen-bond acceptors (Lipinski definition) is 4. The Balaban J connectivity index is 2.32. The number of methoxy groups -OCH3 is 1. The summed E-state index contributed by atoms with van der Waals surface area (Å²) in [6.45, 7) is 4.57. The zero-order valence-electron chi connectivity index (χ0n) is 12.1. The van der Waals surface area contributed by atoms with Gasteiger partial charge in [0, 0.05) is 36.7 Å². The van der Waals surface area contributed by atoms with Gasteiger partial charge < -0.3 is 15.4 Å². The molecule has 0 saturated heterocycles. The Morgan fingerprint density at radius 3 is 2.81 bits per heavy atom. The zero-order valence-corrected chi connectivity index (χ0v) is 14.4. The lowest BCUT2D eigenvalue weighted by Gasteiger charge is -2.13. The second kappa shape index (κ2) is 10.3. The van der Waals surface area contributed by atoms with Crippen LogP contribution < -0.4 is 10.6 Å². The molecule has 0 heterocycles. The Kier molecular flexibility index (Phi) is 9.11. The number of ether oxygens (including phenoxy) is 1. The van der Waals surface area contributed by atoms with Crippen LogP contribution in [-0.2, 0) is 9.53 Å². The monoisotopic (exact) mass is 350 g/mol. The van der Waals surface area contributed by atoms with Gasteiger partial charge in [-0.2, -0.15) is 0 Å². The first-order valence-corrected chi connectivity index (χ1v) is 8.27. The molecule has 1 atom stereocenters. The lowest BCUT2D eigenvalue weighted by atomic mass is 10.4. The molecule has 0 radical (unpaired) electrons. The summed E-state index contributed by atoms with van der Waals surface area (Å²) in [6, 6.07) is 5.23. The van der Waals surface area contributed by atoms with Gasteiger partial charge in [-0.05, 0) is 25.1 Å². The Hall–Kier alpha value is -0.460. The summed E-state index contributed by atoms with van der Waals surface area (Å²) in [5.74, 6) is -0.0235. The largest absolute Gasteiger partial charge is 0.383 e. The minimum atomic E-state index is -0.236. The molecule has 0 aliphatic heterocycles. The van der Waals surface area contributed by atoms with E-state index in [2.05, 4.69) is 10.6 Å². The number of hydrogen-bond donors (Lipinski definition) is 2. The molecule has 1 aromatic carbocycles. The molecular formula is C14H20Cl2N2O2S. The highest BCUT2D eigenvalue weighted by Crippen LogP contribution is 2.32. The summed E-state index contributed by atoms with van der Waals surface area (Å²) >= 11 is 13.4. The quantitative estimate of drug-likeness (QED) is 0.531. The van der Waals surface area contributed by atoms with Gasteiger partial charge in [0.05, 0.1) is 16.9 Å². The van der Waals surface area contributed by atoms with Crippen LogP contribution in [0.5, 0.6) is 0 Å². The van der Waals surface area contributed by atoms with Crippen molar-refractivity contribution >= 4 is 40.9 Å². The van der Waals surface area contributed by atoms with Crippen molar-refractivity contribution in [2.24, 2.45) is 0 Å². The third-order valence-electron chi connectivity index (χ3n) is 2.65. The van der Waals surface area contributed by atoms with Crippen molar-refractivity contribution in [3.63, 3.8) is 0 Å². The fraction of sp³-hybridized carbons (Fsp3) is 0.500. The number of amides is 1. The molecule has 1 unspecified atom stereocenters. The molecule has 0 aromatic heterocycles. The summed E-state index contributed by atoms with van der Waals surface area (Å²) in [5.41, 5.74) is 0. The maximum absolute atomic E-state index is 12.0. The topological polar surface area (TPSA) is 50.4 Å². The van der Waals surface area contributed by atoms with Crippen LogP contribution in [0.3, 0.4) is 0 Å². The smallest absolute Gasteiger partial charge is 0.233 e. The summed E-state index contributed by atoms with van der Waals surface area (Å²) in [4.78, 5) is 12.8. The first-order valence-electron chi connectivity index (χ1n) is 6.63. The molecule has 21 heavy (non-hydrogen) atoms. The molecule has 1 rings (SSSR count). The molecule has 0 bridgehead atoms. The van der Waals surface area contributed by atoms with Gasteiger partial charge in [0.1, 0.15) is 0 Å². The molecule has 0 aliphatic rings. The highest BCUT2D eigenvalue weighted by Gasteiger charge is 2.15. The number of rotatable bonds is 9. The molecule has 2 N–H and O–H groups in total. The van der Waals surface area contributed by atoms with Crippen LogP contribution in [0.1, 0.15) is 6.92 Å². The van der Waals surface area contributed by atoms with Crippen molar-refractivity contribution in [3.8, 4) is 0 Å². The molecule has 1 aromatic rings. The van der Waals surface area contributed by atoms with Gasteiger partial charge in [-0.1, -0.05) is 23.2 Å². The van der Waals surface area contributed by atoms with E-state index in [-0.39, 0.29) is 11.2 Å². The third-order valence-corrected chi connectivity index (χ3v) is 4.49. The molecule has 0 spiro atoms. The van der Waals surface area contributed by atoms with Gasteiger partial charge >= 0.3 is 0 Å². The molecular weight excluding hydrogens is 331 g/mol. The van der Waals surface area contributed by atoms with E-state index in [1.54, 1.807) is 25.3 Å². The van der Waals surface area contributed by atoms with Gasteiger partial charge in [0.25, 0.3) is 0 Å². The summed E-state index contributed by atoms with van der Waals surface area (Å²) in [7, 11) is 1.66. The fourth-order valence-corrected chi connectivity index (χ4v) is 2.96. The van der Waals surface area contributed by atoms with E-state index >= 15 is 0 Å². The minimum absolute atomic E-state index is 0.0235. The van der Waals surface area contributed by atoms with E-state index in [4.69, 9.17) is 27.9 Å². The molecule has 118 valence electrons. The zero-order chi connectivity index (χ0) is 15.7. The first kappa shape index (κ1) is 18.6. The van der Waals surface area contributed by atoms with E-state index in [9.17, 15) is 4.79 Å². The third kappa shape index (κ3) is 7.38. The van der Waals surface area contributed by atoms with Crippen molar-refractivity contribution in [2.45, 2.75) is 17.1 Å². The number of carbonyl (C=O) groups excluding carboxylic acids is 1. The van der Waals surface area contributed by atoms with Crippen molar-refractivity contribution < 1.29 is 9.53 Å². The highest BCUT2D eigenvalue weighted by atomic mass is 35.5. The van der Waals surface area contributed by atoms with Crippen LogP contribution in [0.4, 0.5) is 0 Å². The van der Waals surface area contributed by atoms with E-state index in [1.807, 2.05) is 6.92 Å². The Morgan fingerprint density at radius 1 is 1.33 bits per heavy atom. The van der Waals surface area contributed by atoms with Crippen LogP contribution in [0, 0.1) is 0 Å². The van der Waals surface area contributed by atoms with Crippen LogP contribution in [0.25, 0.3) is 0 Å². The first-order chi connectivity index (χ1) is 10.0. The average Bonchev–Trinajstić information content (AvgIpc) is 2.46. The van der Waals surface area contributed by atoms with Crippen LogP contribution in [-0.4, -0.2) is 44.5 Å².